The zero-order chi connectivity index (χ0) is 9.26. The second-order valence-electron chi connectivity index (χ2n) is 2.55. The van der Waals surface area contributed by atoms with E-state index < -0.39 is 5.97 Å². The molecule has 1 N–H and O–H groups in total. The molecule has 0 saturated heterocycles. The lowest BCUT2D eigenvalue weighted by Gasteiger charge is -1.87. The first-order valence-electron chi connectivity index (χ1n) is 3.68. The molecule has 0 saturated carbocycles. The van der Waals surface area contributed by atoms with Crippen LogP contribution < -0.4 is 0 Å². The topological polar surface area (TPSA) is 76.2 Å². The number of aromatic nitrogens is 2. The normalized spacial score (nSPS) is 10.5. The Labute approximate surface area is 73.0 Å². The number of nitrogens with zero attached hydrogens (tertiary/aromatic N) is 2. The van der Waals surface area contributed by atoms with Crippen LogP contribution in [0.1, 0.15) is 5.69 Å². The molecule has 0 aromatic carbocycles. The van der Waals surface area contributed by atoms with E-state index >= 15 is 0 Å². The quantitative estimate of drug-likeness (QED) is 0.737. The Kier molecular flexibility index (Phi) is 1.70. The molecule has 2 aromatic heterocycles. The summed E-state index contributed by atoms with van der Waals surface area (Å²) in [7, 11) is 0. The van der Waals surface area contributed by atoms with Crippen molar-refractivity contribution >= 4 is 17.1 Å². The van der Waals surface area contributed by atoms with Crippen LogP contribution in [-0.2, 0) is 11.2 Å². The van der Waals surface area contributed by atoms with Crippen LogP contribution >= 0.6 is 0 Å². The summed E-state index contributed by atoms with van der Waals surface area (Å²) in [5.41, 5.74) is 1.40. The van der Waals surface area contributed by atoms with Crippen molar-refractivity contribution in [2.75, 3.05) is 0 Å². The third kappa shape index (κ3) is 1.35. The van der Waals surface area contributed by atoms with Crippen LogP contribution in [-0.4, -0.2) is 21.2 Å². The summed E-state index contributed by atoms with van der Waals surface area (Å²) in [4.78, 5) is 14.4. The van der Waals surface area contributed by atoms with Crippen LogP contribution in [0.25, 0.3) is 11.1 Å². The maximum Gasteiger partial charge on any atom is 0.309 e. The maximum absolute atomic E-state index is 10.4. The van der Waals surface area contributed by atoms with Gasteiger partial charge in [0, 0.05) is 6.20 Å². The number of carboxylic acid groups (broad SMARTS) is 1. The molecule has 0 bridgehead atoms. The fourth-order valence-electron chi connectivity index (χ4n) is 1.09. The molecule has 0 amide bonds. The summed E-state index contributed by atoms with van der Waals surface area (Å²) >= 11 is 0. The molecule has 0 fully saturated rings. The van der Waals surface area contributed by atoms with Gasteiger partial charge in [-0.05, 0) is 12.1 Å². The van der Waals surface area contributed by atoms with Gasteiger partial charge in [0.05, 0.1) is 6.42 Å². The molecule has 5 heteroatoms. The van der Waals surface area contributed by atoms with E-state index in [-0.39, 0.29) is 6.42 Å². The number of fused-ring (bicyclic) bond motifs is 1. The molecule has 5 nitrogen and oxygen atoms in total. The van der Waals surface area contributed by atoms with Gasteiger partial charge in [0.1, 0.15) is 11.2 Å². The number of hydrogen-bond acceptors (Lipinski definition) is 4. The zero-order valence-electron chi connectivity index (χ0n) is 6.60. The van der Waals surface area contributed by atoms with Crippen LogP contribution in [0.2, 0.25) is 0 Å². The zero-order valence-corrected chi connectivity index (χ0v) is 6.60. The Morgan fingerprint density at radius 3 is 3.23 bits per heavy atom. The third-order valence-electron chi connectivity index (χ3n) is 1.62. The second-order valence-corrected chi connectivity index (χ2v) is 2.55. The van der Waals surface area contributed by atoms with E-state index in [1.54, 1.807) is 18.3 Å². The number of rotatable bonds is 2. The molecule has 66 valence electrons. The monoisotopic (exact) mass is 178 g/mol. The van der Waals surface area contributed by atoms with Crippen LogP contribution in [0.15, 0.2) is 22.9 Å². The number of pyridine rings is 1. The number of carbonyl (C=O) groups is 1. The first-order chi connectivity index (χ1) is 6.27. The average Bonchev–Trinajstić information content (AvgIpc) is 2.48. The molecule has 0 radical (unpaired) electrons. The number of aliphatic carboxylic acids is 1. The van der Waals surface area contributed by atoms with E-state index in [0.717, 1.165) is 0 Å². The van der Waals surface area contributed by atoms with Gasteiger partial charge in [0.15, 0.2) is 5.58 Å². The maximum atomic E-state index is 10.4. The highest BCUT2D eigenvalue weighted by molar-refractivity contribution is 5.80. The van der Waals surface area contributed by atoms with E-state index in [4.69, 9.17) is 9.63 Å². The Morgan fingerprint density at radius 2 is 2.46 bits per heavy atom. The van der Waals surface area contributed by atoms with Crippen LogP contribution in [0.3, 0.4) is 0 Å². The molecule has 0 unspecified atom stereocenters. The van der Waals surface area contributed by atoms with E-state index in [1.807, 2.05) is 0 Å². The minimum Gasteiger partial charge on any atom is -0.481 e. The molecule has 13 heavy (non-hydrogen) atoms. The molecule has 2 heterocycles. The molecule has 0 aliphatic carbocycles. The predicted molar refractivity (Wildman–Crippen MR) is 43.1 cm³/mol. The van der Waals surface area contributed by atoms with Gasteiger partial charge in [0.25, 0.3) is 0 Å². The van der Waals surface area contributed by atoms with Gasteiger partial charge in [-0.2, -0.15) is 0 Å². The first kappa shape index (κ1) is 7.72. The lowest BCUT2D eigenvalue weighted by atomic mass is 10.2. The Bertz CT molecular complexity index is 449. The van der Waals surface area contributed by atoms with Gasteiger partial charge in [-0.15, -0.1) is 0 Å². The standard InChI is InChI=1S/C8H6N2O3/c11-7(12)4-5-8-6(13-10-5)2-1-3-9-8/h1-3H,4H2,(H,11,12). The number of hydrogen-bond donors (Lipinski definition) is 1. The average molecular weight is 178 g/mol. The Balaban J connectivity index is 2.51. The van der Waals surface area contributed by atoms with Crippen molar-refractivity contribution in [1.29, 1.82) is 0 Å². The van der Waals surface area contributed by atoms with E-state index in [0.29, 0.717) is 16.8 Å². The highest BCUT2D eigenvalue weighted by Gasteiger charge is 2.11. The molecule has 2 rings (SSSR count). The minimum absolute atomic E-state index is 0.163. The lowest BCUT2D eigenvalue weighted by Crippen LogP contribution is -2.00. The van der Waals surface area contributed by atoms with E-state index in [2.05, 4.69) is 10.1 Å². The first-order valence-corrected chi connectivity index (χ1v) is 3.68. The SMILES string of the molecule is O=C(O)Cc1noc2cccnc12. The van der Waals surface area contributed by atoms with Gasteiger partial charge in [-0.1, -0.05) is 5.16 Å². The fourth-order valence-corrected chi connectivity index (χ4v) is 1.09. The van der Waals surface area contributed by atoms with Crippen molar-refractivity contribution in [3.05, 3.63) is 24.0 Å². The fraction of sp³-hybridized carbons (Fsp3) is 0.125. The summed E-state index contributed by atoms with van der Waals surface area (Å²) in [6, 6.07) is 3.40. The van der Waals surface area contributed by atoms with Crippen molar-refractivity contribution in [1.82, 2.24) is 10.1 Å². The summed E-state index contributed by atoms with van der Waals surface area (Å²) in [6.07, 6.45) is 1.41. The van der Waals surface area contributed by atoms with E-state index in [1.165, 1.54) is 0 Å². The summed E-state index contributed by atoms with van der Waals surface area (Å²) in [5, 5.41) is 12.2. The van der Waals surface area contributed by atoms with Crippen molar-refractivity contribution in [3.63, 3.8) is 0 Å². The molecular weight excluding hydrogens is 172 g/mol. The van der Waals surface area contributed by atoms with Gasteiger partial charge >= 0.3 is 5.97 Å². The second kappa shape index (κ2) is 2.85. The van der Waals surface area contributed by atoms with Gasteiger partial charge in [-0.25, -0.2) is 0 Å². The minimum atomic E-state index is -0.944. The van der Waals surface area contributed by atoms with Gasteiger partial charge in [-0.3, -0.25) is 9.78 Å². The van der Waals surface area contributed by atoms with Crippen molar-refractivity contribution in [3.8, 4) is 0 Å². The molecule has 0 spiro atoms. The summed E-state index contributed by atoms with van der Waals surface area (Å²) in [5.74, 6) is -0.944. The van der Waals surface area contributed by atoms with E-state index in [9.17, 15) is 4.79 Å². The molecular formula is C8H6N2O3. The lowest BCUT2D eigenvalue weighted by molar-refractivity contribution is -0.136. The van der Waals surface area contributed by atoms with Crippen LogP contribution in [0.5, 0.6) is 0 Å². The van der Waals surface area contributed by atoms with Crippen molar-refractivity contribution in [2.24, 2.45) is 0 Å². The van der Waals surface area contributed by atoms with Gasteiger partial charge in [0.2, 0.25) is 0 Å². The van der Waals surface area contributed by atoms with Crippen molar-refractivity contribution < 1.29 is 14.4 Å². The highest BCUT2D eigenvalue weighted by atomic mass is 16.5. The molecule has 0 aliphatic rings. The third-order valence-corrected chi connectivity index (χ3v) is 1.62. The van der Waals surface area contributed by atoms with Crippen LogP contribution in [0, 0.1) is 0 Å². The largest absolute Gasteiger partial charge is 0.481 e. The molecule has 0 atom stereocenters. The Morgan fingerprint density at radius 1 is 1.62 bits per heavy atom. The highest BCUT2D eigenvalue weighted by Crippen LogP contribution is 2.14. The summed E-state index contributed by atoms with van der Waals surface area (Å²) in [6.45, 7) is 0. The number of carboxylic acids is 1. The molecule has 2 aromatic rings. The Hall–Kier alpha value is -1.91. The van der Waals surface area contributed by atoms with Gasteiger partial charge < -0.3 is 9.63 Å². The predicted octanol–water partition coefficient (Wildman–Crippen LogP) is 0.850. The van der Waals surface area contributed by atoms with Crippen molar-refractivity contribution in [2.45, 2.75) is 6.42 Å². The summed E-state index contributed by atoms with van der Waals surface area (Å²) < 4.78 is 4.87. The molecule has 0 aliphatic heterocycles. The van der Waals surface area contributed by atoms with Crippen LogP contribution in [0.4, 0.5) is 0 Å². The smallest absolute Gasteiger partial charge is 0.309 e.